The third-order valence-electron chi connectivity index (χ3n) is 3.78. The second kappa shape index (κ2) is 7.85. The molecule has 0 amide bonds. The maximum atomic E-state index is 12.3. The summed E-state index contributed by atoms with van der Waals surface area (Å²) in [7, 11) is -3.55. The fourth-order valence-electron chi connectivity index (χ4n) is 2.47. The van der Waals surface area contributed by atoms with Crippen molar-refractivity contribution in [3.05, 3.63) is 90.5 Å². The molecule has 0 saturated heterocycles. The number of hydrogen-bond donors (Lipinski definition) is 2. The number of nitrogens with one attached hydrogen (secondary N) is 2. The summed E-state index contributed by atoms with van der Waals surface area (Å²) in [5, 5.41) is 3.34. The lowest BCUT2D eigenvalue weighted by Crippen LogP contribution is -2.12. The Kier molecular flexibility index (Phi) is 5.36. The van der Waals surface area contributed by atoms with Crippen molar-refractivity contribution in [2.24, 2.45) is 0 Å². The van der Waals surface area contributed by atoms with Gasteiger partial charge in [-0.05, 0) is 48.4 Å². The van der Waals surface area contributed by atoms with E-state index in [1.165, 1.54) is 5.56 Å². The van der Waals surface area contributed by atoms with Gasteiger partial charge in [0, 0.05) is 17.9 Å². The lowest BCUT2D eigenvalue weighted by atomic mass is 10.1. The molecule has 0 aromatic heterocycles. The summed E-state index contributed by atoms with van der Waals surface area (Å²) < 4.78 is 27.2. The molecule has 0 aliphatic carbocycles. The van der Waals surface area contributed by atoms with E-state index in [2.05, 4.69) is 22.2 Å². The topological polar surface area (TPSA) is 58.2 Å². The van der Waals surface area contributed by atoms with Gasteiger partial charge in [-0.15, -0.1) is 0 Å². The van der Waals surface area contributed by atoms with Crippen LogP contribution < -0.4 is 10.0 Å². The van der Waals surface area contributed by atoms with E-state index in [0.29, 0.717) is 5.69 Å². The molecule has 0 unspecified atom stereocenters. The lowest BCUT2D eigenvalue weighted by Gasteiger charge is -2.10. The van der Waals surface area contributed by atoms with Gasteiger partial charge in [0.2, 0.25) is 0 Å². The first kappa shape index (κ1) is 17.0. The lowest BCUT2D eigenvalue weighted by molar-refractivity contribution is 0.601. The molecule has 0 spiro atoms. The molecule has 5 heteroatoms. The molecule has 2 N–H and O–H groups in total. The Morgan fingerprint density at radius 3 is 1.88 bits per heavy atom. The Morgan fingerprint density at radius 2 is 1.24 bits per heavy atom. The van der Waals surface area contributed by atoms with Crippen LogP contribution in [0.4, 0.5) is 11.4 Å². The molecular formula is C20H20N2O2S. The second-order valence-corrected chi connectivity index (χ2v) is 7.34. The monoisotopic (exact) mass is 352 g/mol. The Balaban J connectivity index is 1.57. The zero-order chi connectivity index (χ0) is 17.5. The van der Waals surface area contributed by atoms with Gasteiger partial charge in [-0.2, -0.15) is 0 Å². The van der Waals surface area contributed by atoms with Crippen LogP contribution in [0.15, 0.2) is 89.8 Å². The number of rotatable bonds is 7. The van der Waals surface area contributed by atoms with Crippen molar-refractivity contribution in [1.82, 2.24) is 0 Å². The van der Waals surface area contributed by atoms with Gasteiger partial charge in [-0.1, -0.05) is 48.5 Å². The summed E-state index contributed by atoms with van der Waals surface area (Å²) >= 11 is 0. The highest BCUT2D eigenvalue weighted by Crippen LogP contribution is 2.18. The van der Waals surface area contributed by atoms with Crippen molar-refractivity contribution < 1.29 is 8.42 Å². The number of sulfonamides is 1. The van der Waals surface area contributed by atoms with E-state index in [0.717, 1.165) is 18.7 Å². The quantitative estimate of drug-likeness (QED) is 0.672. The average Bonchev–Trinajstić information content (AvgIpc) is 2.65. The van der Waals surface area contributed by atoms with Crippen molar-refractivity contribution in [3.63, 3.8) is 0 Å². The van der Waals surface area contributed by atoms with Gasteiger partial charge in [0.05, 0.1) is 4.90 Å². The van der Waals surface area contributed by atoms with E-state index in [1.807, 2.05) is 30.3 Å². The minimum atomic E-state index is -3.55. The molecule has 25 heavy (non-hydrogen) atoms. The number of benzene rings is 3. The van der Waals surface area contributed by atoms with Crippen LogP contribution in [0.25, 0.3) is 0 Å². The van der Waals surface area contributed by atoms with E-state index < -0.39 is 10.0 Å². The van der Waals surface area contributed by atoms with Gasteiger partial charge in [0.25, 0.3) is 10.0 Å². The van der Waals surface area contributed by atoms with Crippen molar-refractivity contribution in [2.75, 3.05) is 16.6 Å². The highest BCUT2D eigenvalue weighted by atomic mass is 32.2. The van der Waals surface area contributed by atoms with E-state index in [1.54, 1.807) is 42.5 Å². The molecule has 3 aromatic rings. The standard InChI is InChI=1S/C20H20N2O2S/c23-25(24,20-9-5-2-6-10-20)22-19-13-11-18(12-14-19)21-16-15-17-7-3-1-4-8-17/h1-14,21-22H,15-16H2. The van der Waals surface area contributed by atoms with Crippen LogP contribution in [0.5, 0.6) is 0 Å². The van der Waals surface area contributed by atoms with Crippen LogP contribution in [0, 0.1) is 0 Å². The molecule has 4 nitrogen and oxygen atoms in total. The molecule has 0 heterocycles. The van der Waals surface area contributed by atoms with Gasteiger partial charge >= 0.3 is 0 Å². The summed E-state index contributed by atoms with van der Waals surface area (Å²) in [6.07, 6.45) is 0.934. The molecule has 0 saturated carbocycles. The van der Waals surface area contributed by atoms with Crippen LogP contribution in [0.2, 0.25) is 0 Å². The SMILES string of the molecule is O=S(=O)(Nc1ccc(NCCc2ccccc2)cc1)c1ccccc1. The minimum absolute atomic E-state index is 0.250. The first-order valence-corrected chi connectivity index (χ1v) is 9.57. The molecule has 3 rings (SSSR count). The Morgan fingerprint density at radius 1 is 0.680 bits per heavy atom. The summed E-state index contributed by atoms with van der Waals surface area (Å²) in [5.74, 6) is 0. The smallest absolute Gasteiger partial charge is 0.261 e. The molecule has 3 aromatic carbocycles. The molecule has 0 aliphatic heterocycles. The predicted molar refractivity (Wildman–Crippen MR) is 102 cm³/mol. The fourth-order valence-corrected chi connectivity index (χ4v) is 3.55. The van der Waals surface area contributed by atoms with Crippen LogP contribution in [-0.4, -0.2) is 15.0 Å². The Labute approximate surface area is 148 Å². The van der Waals surface area contributed by atoms with Crippen molar-refractivity contribution in [3.8, 4) is 0 Å². The van der Waals surface area contributed by atoms with Crippen LogP contribution in [0.1, 0.15) is 5.56 Å². The van der Waals surface area contributed by atoms with Crippen molar-refractivity contribution in [2.45, 2.75) is 11.3 Å². The zero-order valence-corrected chi connectivity index (χ0v) is 14.5. The van der Waals surface area contributed by atoms with Crippen LogP contribution in [0.3, 0.4) is 0 Å². The third kappa shape index (κ3) is 4.84. The van der Waals surface area contributed by atoms with Gasteiger partial charge < -0.3 is 5.32 Å². The largest absolute Gasteiger partial charge is 0.385 e. The van der Waals surface area contributed by atoms with E-state index in [4.69, 9.17) is 0 Å². The van der Waals surface area contributed by atoms with Crippen molar-refractivity contribution in [1.29, 1.82) is 0 Å². The number of hydrogen-bond acceptors (Lipinski definition) is 3. The summed E-state index contributed by atoms with van der Waals surface area (Å²) in [6, 6.07) is 25.9. The van der Waals surface area contributed by atoms with Crippen LogP contribution >= 0.6 is 0 Å². The van der Waals surface area contributed by atoms with Gasteiger partial charge in [0.15, 0.2) is 0 Å². The van der Waals surface area contributed by atoms with Crippen molar-refractivity contribution >= 4 is 21.4 Å². The minimum Gasteiger partial charge on any atom is -0.385 e. The molecule has 0 atom stereocenters. The molecule has 0 fully saturated rings. The predicted octanol–water partition coefficient (Wildman–Crippen LogP) is 4.14. The molecule has 0 radical (unpaired) electrons. The average molecular weight is 352 g/mol. The Hall–Kier alpha value is -2.79. The zero-order valence-electron chi connectivity index (χ0n) is 13.7. The van der Waals surface area contributed by atoms with Gasteiger partial charge in [-0.3, -0.25) is 4.72 Å². The third-order valence-corrected chi connectivity index (χ3v) is 5.17. The highest BCUT2D eigenvalue weighted by molar-refractivity contribution is 7.92. The molecule has 0 aliphatic rings. The number of anilines is 2. The summed E-state index contributed by atoms with van der Waals surface area (Å²) in [5.41, 5.74) is 2.78. The van der Waals surface area contributed by atoms with Gasteiger partial charge in [0.1, 0.15) is 0 Å². The summed E-state index contributed by atoms with van der Waals surface area (Å²) in [6.45, 7) is 0.819. The first-order valence-electron chi connectivity index (χ1n) is 8.09. The van der Waals surface area contributed by atoms with E-state index >= 15 is 0 Å². The van der Waals surface area contributed by atoms with E-state index in [-0.39, 0.29) is 4.90 Å². The Bertz CT molecular complexity index is 893. The van der Waals surface area contributed by atoms with E-state index in [9.17, 15) is 8.42 Å². The molecular weight excluding hydrogens is 332 g/mol. The maximum Gasteiger partial charge on any atom is 0.261 e. The second-order valence-electron chi connectivity index (χ2n) is 5.66. The highest BCUT2D eigenvalue weighted by Gasteiger charge is 2.12. The summed E-state index contributed by atoms with van der Waals surface area (Å²) in [4.78, 5) is 0.250. The van der Waals surface area contributed by atoms with Crippen LogP contribution in [-0.2, 0) is 16.4 Å². The molecule has 0 bridgehead atoms. The maximum absolute atomic E-state index is 12.3. The first-order chi connectivity index (χ1) is 12.1. The normalized spacial score (nSPS) is 11.0. The molecule has 128 valence electrons. The van der Waals surface area contributed by atoms with Gasteiger partial charge in [-0.25, -0.2) is 8.42 Å². The fraction of sp³-hybridized carbons (Fsp3) is 0.100.